The fourth-order valence-electron chi connectivity index (χ4n) is 4.54. The molecule has 1 heterocycles. The van der Waals surface area contributed by atoms with E-state index in [1.54, 1.807) is 0 Å². The van der Waals surface area contributed by atoms with Crippen LogP contribution in [0.5, 0.6) is 0 Å². The second-order valence-corrected chi connectivity index (χ2v) is 7.89. The third-order valence-electron chi connectivity index (χ3n) is 5.74. The first-order valence-electron chi connectivity index (χ1n) is 8.35. The number of hydrogen-bond donors (Lipinski definition) is 1. The third kappa shape index (κ3) is 3.52. The topological polar surface area (TPSA) is 15.3 Å². The van der Waals surface area contributed by atoms with Gasteiger partial charge in [0.05, 0.1) is 0 Å². The van der Waals surface area contributed by atoms with Gasteiger partial charge in [-0.25, -0.2) is 0 Å². The predicted molar refractivity (Wildman–Crippen MR) is 83.4 cm³/mol. The first-order chi connectivity index (χ1) is 8.94. The Morgan fingerprint density at radius 1 is 1.16 bits per heavy atom. The van der Waals surface area contributed by atoms with Crippen molar-refractivity contribution in [2.75, 3.05) is 20.1 Å². The first kappa shape index (κ1) is 15.3. The van der Waals surface area contributed by atoms with Crippen LogP contribution >= 0.6 is 0 Å². The van der Waals surface area contributed by atoms with E-state index in [2.05, 4.69) is 45.0 Å². The lowest BCUT2D eigenvalue weighted by atomic mass is 9.67. The van der Waals surface area contributed by atoms with E-state index in [0.717, 1.165) is 17.9 Å². The van der Waals surface area contributed by atoms with Gasteiger partial charge in [0.1, 0.15) is 0 Å². The fraction of sp³-hybridized carbons (Fsp3) is 1.00. The molecule has 4 atom stereocenters. The number of likely N-dealkylation sites (tertiary alicyclic amines) is 1. The number of rotatable bonds is 3. The van der Waals surface area contributed by atoms with E-state index >= 15 is 0 Å². The lowest BCUT2D eigenvalue weighted by Gasteiger charge is -2.47. The Labute approximate surface area is 120 Å². The second kappa shape index (κ2) is 6.13. The summed E-state index contributed by atoms with van der Waals surface area (Å²) in [7, 11) is 2.16. The van der Waals surface area contributed by atoms with Gasteiger partial charge >= 0.3 is 0 Å². The van der Waals surface area contributed by atoms with Crippen LogP contribution in [0.4, 0.5) is 0 Å². The minimum absolute atomic E-state index is 0.461. The average Bonchev–Trinajstić information content (AvgIpc) is 2.33. The standard InChI is InChI=1S/C17H34N2/c1-13-8-9-14(2)19(11-13)12-15-7-6-10-17(3,4)16(15)18-5/h13-16,18H,6-12H2,1-5H3. The Hall–Kier alpha value is -0.0800. The maximum atomic E-state index is 3.63. The van der Waals surface area contributed by atoms with Crippen LogP contribution in [-0.2, 0) is 0 Å². The van der Waals surface area contributed by atoms with E-state index in [9.17, 15) is 0 Å². The van der Waals surface area contributed by atoms with Gasteiger partial charge in [0.2, 0.25) is 0 Å². The Balaban J connectivity index is 2.00. The van der Waals surface area contributed by atoms with E-state index in [4.69, 9.17) is 0 Å². The lowest BCUT2D eigenvalue weighted by molar-refractivity contribution is 0.0480. The number of nitrogens with one attached hydrogen (secondary N) is 1. The quantitative estimate of drug-likeness (QED) is 0.841. The number of nitrogens with zero attached hydrogens (tertiary/aromatic N) is 1. The Kier molecular flexibility index (Phi) is 4.94. The zero-order valence-electron chi connectivity index (χ0n) is 13.7. The summed E-state index contributed by atoms with van der Waals surface area (Å²) in [4.78, 5) is 2.77. The molecule has 1 N–H and O–H groups in total. The van der Waals surface area contributed by atoms with Crippen molar-refractivity contribution in [3.8, 4) is 0 Å². The molecule has 0 bridgehead atoms. The van der Waals surface area contributed by atoms with Crippen molar-refractivity contribution in [1.82, 2.24) is 10.2 Å². The van der Waals surface area contributed by atoms with Gasteiger partial charge in [0.25, 0.3) is 0 Å². The van der Waals surface area contributed by atoms with Crippen LogP contribution in [-0.4, -0.2) is 37.1 Å². The first-order valence-corrected chi connectivity index (χ1v) is 8.35. The van der Waals surface area contributed by atoms with Crippen molar-refractivity contribution in [3.63, 3.8) is 0 Å². The monoisotopic (exact) mass is 266 g/mol. The molecular formula is C17H34N2. The molecule has 1 aliphatic heterocycles. The molecule has 1 aliphatic carbocycles. The molecule has 2 nitrogen and oxygen atoms in total. The summed E-state index contributed by atoms with van der Waals surface area (Å²) in [5, 5.41) is 3.63. The second-order valence-electron chi connectivity index (χ2n) is 7.89. The normalized spacial score (nSPS) is 40.3. The SMILES string of the molecule is CNC1C(CN2CC(C)CCC2C)CCCC1(C)C. The largest absolute Gasteiger partial charge is 0.316 e. The molecule has 0 aromatic rings. The summed E-state index contributed by atoms with van der Waals surface area (Å²) in [6.07, 6.45) is 7.01. The van der Waals surface area contributed by atoms with E-state index < -0.39 is 0 Å². The van der Waals surface area contributed by atoms with Crippen molar-refractivity contribution in [1.29, 1.82) is 0 Å². The molecular weight excluding hydrogens is 232 g/mol. The van der Waals surface area contributed by atoms with E-state index in [1.165, 1.54) is 45.2 Å². The maximum absolute atomic E-state index is 3.63. The molecule has 1 saturated carbocycles. The highest BCUT2D eigenvalue weighted by Gasteiger charge is 2.39. The van der Waals surface area contributed by atoms with E-state index in [0.29, 0.717) is 11.5 Å². The van der Waals surface area contributed by atoms with Crippen LogP contribution in [0.15, 0.2) is 0 Å². The van der Waals surface area contributed by atoms with Crippen LogP contribution in [0, 0.1) is 17.3 Å². The highest BCUT2D eigenvalue weighted by Crippen LogP contribution is 2.39. The average molecular weight is 266 g/mol. The lowest BCUT2D eigenvalue weighted by Crippen LogP contribution is -2.53. The Morgan fingerprint density at radius 3 is 2.58 bits per heavy atom. The van der Waals surface area contributed by atoms with Crippen LogP contribution in [0.25, 0.3) is 0 Å². The minimum Gasteiger partial charge on any atom is -0.316 e. The van der Waals surface area contributed by atoms with Crippen LogP contribution in [0.3, 0.4) is 0 Å². The molecule has 19 heavy (non-hydrogen) atoms. The van der Waals surface area contributed by atoms with Gasteiger partial charge in [-0.15, -0.1) is 0 Å². The van der Waals surface area contributed by atoms with Crippen molar-refractivity contribution in [2.45, 2.75) is 71.9 Å². The van der Waals surface area contributed by atoms with Gasteiger partial charge < -0.3 is 10.2 Å². The van der Waals surface area contributed by atoms with Crippen molar-refractivity contribution >= 4 is 0 Å². The Bertz CT molecular complexity index is 287. The van der Waals surface area contributed by atoms with Crippen molar-refractivity contribution < 1.29 is 0 Å². The van der Waals surface area contributed by atoms with Gasteiger partial charge in [-0.1, -0.05) is 27.2 Å². The zero-order valence-corrected chi connectivity index (χ0v) is 13.7. The van der Waals surface area contributed by atoms with Gasteiger partial charge in [0, 0.05) is 25.2 Å². The van der Waals surface area contributed by atoms with Crippen LogP contribution in [0.2, 0.25) is 0 Å². The molecule has 0 aromatic carbocycles. The van der Waals surface area contributed by atoms with Crippen molar-refractivity contribution in [2.24, 2.45) is 17.3 Å². The smallest absolute Gasteiger partial charge is 0.0156 e. The van der Waals surface area contributed by atoms with Crippen LogP contribution in [0.1, 0.15) is 59.8 Å². The predicted octanol–water partition coefficient (Wildman–Crippen LogP) is 3.52. The third-order valence-corrected chi connectivity index (χ3v) is 5.74. The van der Waals surface area contributed by atoms with Gasteiger partial charge in [-0.05, 0) is 56.9 Å². The molecule has 4 unspecified atom stereocenters. The van der Waals surface area contributed by atoms with Gasteiger partial charge in [-0.3, -0.25) is 0 Å². The maximum Gasteiger partial charge on any atom is 0.0156 e. The molecule has 0 aromatic heterocycles. The van der Waals surface area contributed by atoms with Gasteiger partial charge in [-0.2, -0.15) is 0 Å². The summed E-state index contributed by atoms with van der Waals surface area (Å²) < 4.78 is 0. The van der Waals surface area contributed by atoms with E-state index in [-0.39, 0.29) is 0 Å². The summed E-state index contributed by atoms with van der Waals surface area (Å²) >= 11 is 0. The Morgan fingerprint density at radius 2 is 1.89 bits per heavy atom. The van der Waals surface area contributed by atoms with Gasteiger partial charge in [0.15, 0.2) is 0 Å². The highest BCUT2D eigenvalue weighted by molar-refractivity contribution is 4.94. The molecule has 2 aliphatic rings. The number of piperidine rings is 1. The zero-order chi connectivity index (χ0) is 14.0. The molecule has 0 spiro atoms. The minimum atomic E-state index is 0.461. The summed E-state index contributed by atoms with van der Waals surface area (Å²) in [6, 6.07) is 1.48. The van der Waals surface area contributed by atoms with E-state index in [1.807, 2.05) is 0 Å². The van der Waals surface area contributed by atoms with Crippen LogP contribution < -0.4 is 5.32 Å². The summed E-state index contributed by atoms with van der Waals surface area (Å²) in [5.41, 5.74) is 0.461. The highest BCUT2D eigenvalue weighted by atomic mass is 15.2. The molecule has 2 rings (SSSR count). The molecule has 0 radical (unpaired) electrons. The molecule has 0 amide bonds. The molecule has 1 saturated heterocycles. The van der Waals surface area contributed by atoms with Crippen molar-refractivity contribution in [3.05, 3.63) is 0 Å². The summed E-state index contributed by atoms with van der Waals surface area (Å²) in [6.45, 7) is 12.4. The molecule has 2 fully saturated rings. The number of hydrogen-bond acceptors (Lipinski definition) is 2. The summed E-state index contributed by atoms with van der Waals surface area (Å²) in [5.74, 6) is 1.72. The molecule has 112 valence electrons. The fourth-order valence-corrected chi connectivity index (χ4v) is 4.54. The molecule has 2 heteroatoms.